The van der Waals surface area contributed by atoms with E-state index in [0.29, 0.717) is 23.1 Å². The summed E-state index contributed by atoms with van der Waals surface area (Å²) in [4.78, 5) is 80.3. The van der Waals surface area contributed by atoms with Gasteiger partial charge in [-0.25, -0.2) is 9.59 Å². The van der Waals surface area contributed by atoms with Crippen LogP contribution in [0.2, 0.25) is 0 Å². The van der Waals surface area contributed by atoms with Crippen LogP contribution in [-0.4, -0.2) is 83.8 Å². The number of methoxy groups -OCH3 is 2. The lowest BCUT2D eigenvalue weighted by Gasteiger charge is -2.29. The number of amides is 4. The molecule has 5 N–H and O–H groups in total. The molecule has 0 radical (unpaired) electrons. The zero-order chi connectivity index (χ0) is 41.8. The largest absolute Gasteiger partial charge is 0.504 e. The van der Waals surface area contributed by atoms with Gasteiger partial charge < -0.3 is 45.3 Å². The van der Waals surface area contributed by atoms with Crippen LogP contribution in [0.1, 0.15) is 57.7 Å². The second-order valence-electron chi connectivity index (χ2n) is 15.0. The molecule has 1 unspecified atom stereocenters. The van der Waals surface area contributed by atoms with Crippen molar-refractivity contribution in [2.75, 3.05) is 14.2 Å². The van der Waals surface area contributed by atoms with E-state index in [9.17, 15) is 39.2 Å². The van der Waals surface area contributed by atoms with Crippen LogP contribution in [0.15, 0.2) is 48.5 Å². The molecule has 17 heteroatoms. The van der Waals surface area contributed by atoms with Gasteiger partial charge in [0.2, 0.25) is 23.5 Å². The number of phenolic OH excluding ortho intramolecular Hbond substituents is 1. The fourth-order valence-corrected chi connectivity index (χ4v) is 6.60. The van der Waals surface area contributed by atoms with Crippen molar-refractivity contribution in [3.8, 4) is 34.1 Å². The highest BCUT2D eigenvalue weighted by molar-refractivity contribution is 5.95. The van der Waals surface area contributed by atoms with Crippen molar-refractivity contribution in [3.05, 3.63) is 75.3 Å². The average Bonchev–Trinajstić information content (AvgIpc) is 3.15. The lowest BCUT2D eigenvalue weighted by Crippen LogP contribution is -2.60. The van der Waals surface area contributed by atoms with Crippen LogP contribution < -0.4 is 30.7 Å². The minimum Gasteiger partial charge on any atom is -0.504 e. The van der Waals surface area contributed by atoms with E-state index < -0.39 is 81.8 Å². The molecule has 3 heterocycles. The van der Waals surface area contributed by atoms with Gasteiger partial charge in [0, 0.05) is 36.5 Å². The van der Waals surface area contributed by atoms with E-state index in [2.05, 4.69) is 21.3 Å². The van der Waals surface area contributed by atoms with Gasteiger partial charge in [-0.15, -0.1) is 0 Å². The zero-order valence-electron chi connectivity index (χ0n) is 32.7. The molecule has 6 rings (SSSR count). The predicted molar refractivity (Wildman–Crippen MR) is 205 cm³/mol. The van der Waals surface area contributed by atoms with Crippen molar-refractivity contribution < 1.29 is 52.9 Å². The summed E-state index contributed by atoms with van der Waals surface area (Å²) in [5, 5.41) is 34.9. The number of fused-ring (bicyclic) bond motifs is 9. The van der Waals surface area contributed by atoms with E-state index in [-0.39, 0.29) is 47.6 Å². The quantitative estimate of drug-likeness (QED) is 0.136. The monoisotopic (exact) mass is 789 g/mol. The molecule has 3 aromatic carbocycles. The third-order valence-electron chi connectivity index (χ3n) is 9.68. The van der Waals surface area contributed by atoms with Gasteiger partial charge in [0.15, 0.2) is 11.5 Å². The maximum atomic E-state index is 14.2. The number of carbonyl (C=O) groups excluding carboxylic acids is 5. The molecule has 0 fully saturated rings. The van der Waals surface area contributed by atoms with Crippen LogP contribution in [0, 0.1) is 16.0 Å². The summed E-state index contributed by atoms with van der Waals surface area (Å²) in [5.74, 6) is -4.22. The van der Waals surface area contributed by atoms with Gasteiger partial charge in [0.25, 0.3) is 0 Å². The number of ether oxygens (including phenoxy) is 4. The number of phenols is 1. The predicted octanol–water partition coefficient (Wildman–Crippen LogP) is 3.99. The van der Waals surface area contributed by atoms with E-state index in [0.717, 1.165) is 7.11 Å². The molecule has 4 amide bonds. The number of carbonyl (C=O) groups is 5. The zero-order valence-corrected chi connectivity index (χ0v) is 32.7. The highest BCUT2D eigenvalue weighted by Gasteiger charge is 2.36. The highest BCUT2D eigenvalue weighted by Crippen LogP contribution is 2.45. The molecular weight excluding hydrogens is 742 g/mol. The Hall–Kier alpha value is -6.39. The number of nitrogens with one attached hydrogen (secondary N) is 4. The lowest BCUT2D eigenvalue weighted by molar-refractivity contribution is -0.385. The molecule has 3 aliphatic heterocycles. The summed E-state index contributed by atoms with van der Waals surface area (Å²) in [6.45, 7) is 8.56. The van der Waals surface area contributed by atoms with Crippen molar-refractivity contribution in [1.29, 1.82) is 0 Å². The fraction of sp³-hybridized carbons (Fsp3) is 0.425. The molecule has 304 valence electrons. The van der Waals surface area contributed by atoms with Gasteiger partial charge in [-0.1, -0.05) is 32.4 Å². The summed E-state index contributed by atoms with van der Waals surface area (Å²) in [6.07, 6.45) is -1.05. The van der Waals surface area contributed by atoms with Gasteiger partial charge in [-0.3, -0.25) is 24.5 Å². The smallest absolute Gasteiger partial charge is 0.408 e. The first kappa shape index (κ1) is 41.8. The van der Waals surface area contributed by atoms with Crippen LogP contribution >= 0.6 is 0 Å². The first-order chi connectivity index (χ1) is 26.9. The summed E-state index contributed by atoms with van der Waals surface area (Å²) in [7, 11) is 2.53. The Morgan fingerprint density at radius 2 is 1.60 bits per heavy atom. The molecule has 3 aliphatic rings. The van der Waals surface area contributed by atoms with E-state index >= 15 is 0 Å². The molecular formula is C40H47N5O12. The number of aromatic hydroxyl groups is 1. The topological polar surface area (TPSA) is 234 Å². The van der Waals surface area contributed by atoms with Crippen molar-refractivity contribution in [1.82, 2.24) is 21.3 Å². The van der Waals surface area contributed by atoms with Gasteiger partial charge in [-0.2, -0.15) is 0 Å². The Bertz CT molecular complexity index is 2080. The van der Waals surface area contributed by atoms with Crippen LogP contribution in [0.5, 0.6) is 23.0 Å². The summed E-state index contributed by atoms with van der Waals surface area (Å²) < 4.78 is 22.2. The van der Waals surface area contributed by atoms with E-state index in [1.807, 2.05) is 6.92 Å². The van der Waals surface area contributed by atoms with E-state index in [1.54, 1.807) is 52.0 Å². The van der Waals surface area contributed by atoms with Crippen molar-refractivity contribution in [3.63, 3.8) is 0 Å². The normalized spacial score (nSPS) is 20.3. The highest BCUT2D eigenvalue weighted by atomic mass is 16.6. The number of nitro benzene ring substituents is 1. The van der Waals surface area contributed by atoms with Gasteiger partial charge in [0.05, 0.1) is 19.1 Å². The number of hydrogen-bond donors (Lipinski definition) is 5. The number of alkyl carbamates (subject to hydrolysis) is 1. The number of esters is 1. The number of hydrogen-bond acceptors (Lipinski definition) is 12. The Balaban J connectivity index is 1.77. The second-order valence-corrected chi connectivity index (χ2v) is 15.0. The van der Waals surface area contributed by atoms with Crippen molar-refractivity contribution >= 4 is 35.5 Å². The number of rotatable bonds is 6. The molecule has 3 aromatic rings. The molecule has 17 nitrogen and oxygen atoms in total. The van der Waals surface area contributed by atoms with Crippen LogP contribution in [0.4, 0.5) is 10.5 Å². The molecule has 0 aliphatic carbocycles. The summed E-state index contributed by atoms with van der Waals surface area (Å²) in [5.41, 5.74) is 0.109. The minimum atomic E-state index is -1.40. The molecule has 8 bridgehead atoms. The Kier molecular flexibility index (Phi) is 12.6. The van der Waals surface area contributed by atoms with Crippen LogP contribution in [-0.2, 0) is 47.9 Å². The maximum absolute atomic E-state index is 14.2. The Morgan fingerprint density at radius 3 is 2.25 bits per heavy atom. The van der Waals surface area contributed by atoms with Crippen LogP contribution in [0.25, 0.3) is 11.1 Å². The molecule has 57 heavy (non-hydrogen) atoms. The van der Waals surface area contributed by atoms with Crippen LogP contribution in [0.3, 0.4) is 0 Å². The molecule has 0 spiro atoms. The number of nitrogens with zero attached hydrogens (tertiary/aromatic N) is 1. The Labute approximate surface area is 328 Å². The average molecular weight is 790 g/mol. The number of nitro groups is 1. The third kappa shape index (κ3) is 9.89. The fourth-order valence-electron chi connectivity index (χ4n) is 6.60. The molecule has 0 saturated carbocycles. The summed E-state index contributed by atoms with van der Waals surface area (Å²) >= 11 is 0. The minimum absolute atomic E-state index is 0.110. The molecule has 0 saturated heterocycles. The van der Waals surface area contributed by atoms with Crippen molar-refractivity contribution in [2.45, 2.75) is 90.1 Å². The second kappa shape index (κ2) is 17.2. The Morgan fingerprint density at radius 1 is 0.912 bits per heavy atom. The lowest BCUT2D eigenvalue weighted by atomic mass is 9.94. The van der Waals surface area contributed by atoms with E-state index in [4.69, 9.17) is 18.9 Å². The number of benzene rings is 3. The maximum Gasteiger partial charge on any atom is 0.408 e. The first-order valence-corrected chi connectivity index (χ1v) is 18.4. The summed E-state index contributed by atoms with van der Waals surface area (Å²) in [6, 6.07) is 6.58. The third-order valence-corrected chi connectivity index (χ3v) is 9.68. The SMILES string of the molecule is CC[C@H](C)[C@@H]1NC(=O)C(NC(=O)OC(C)(C)C)Cc2ccc(OC)c(c2)-c2cc3cc(c2O)Oc2ccc(cc2[N+](=O)[O-])C[C@@H](C(=O)OC)NC(=O)[C@H](C3)NC1=O. The van der Waals surface area contributed by atoms with Crippen molar-refractivity contribution in [2.24, 2.45) is 5.92 Å². The molecule has 5 atom stereocenters. The van der Waals surface area contributed by atoms with E-state index in [1.165, 1.54) is 31.4 Å². The first-order valence-electron chi connectivity index (χ1n) is 18.4. The standard InChI is InChI=1S/C40H47N5O12/c1-8-20(2)33-37(49)41-26-17-23-14-25(24-13-21(9-11-30(24)54-6)15-27(36(48)44-33)43-39(51)57-40(3,4)5)34(46)32(19-23)56-31-12-10-22(18-29(31)45(52)53)16-28(38(50)55-7)42-35(26)47/h9-14,18-20,26-28,33,46H,8,15-17H2,1-7H3,(H,41,49)(H,42,47)(H,43,51)(H,44,48)/t20-,26-,27?,28-,33-/m0/s1. The van der Waals surface area contributed by atoms with Gasteiger partial charge in [0.1, 0.15) is 35.5 Å². The van der Waals surface area contributed by atoms with Gasteiger partial charge in [-0.05, 0) is 73.7 Å². The molecule has 0 aromatic heterocycles. The van der Waals surface area contributed by atoms with Gasteiger partial charge >= 0.3 is 17.7 Å².